The summed E-state index contributed by atoms with van der Waals surface area (Å²) in [4.78, 5) is 30.6. The normalized spacial score (nSPS) is 16.3. The Morgan fingerprint density at radius 2 is 1.81 bits per heavy atom. The molecule has 1 aliphatic rings. The third-order valence-electron chi connectivity index (χ3n) is 5.70. The third kappa shape index (κ3) is 3.11. The molecule has 7 nitrogen and oxygen atoms in total. The first-order chi connectivity index (χ1) is 15.3. The number of alkyl halides is 3. The molecule has 2 aromatic heterocycles. The maximum absolute atomic E-state index is 13.2. The van der Waals surface area contributed by atoms with Gasteiger partial charge in [-0.1, -0.05) is 24.3 Å². The number of hydrogen-bond donors (Lipinski definition) is 4. The van der Waals surface area contributed by atoms with E-state index in [1.54, 1.807) is 0 Å². The monoisotopic (exact) mass is 442 g/mol. The number of para-hydroxylation sites is 1. The van der Waals surface area contributed by atoms with Crippen molar-refractivity contribution in [3.05, 3.63) is 91.8 Å². The summed E-state index contributed by atoms with van der Waals surface area (Å²) in [7, 11) is 0. The summed E-state index contributed by atoms with van der Waals surface area (Å²) in [5.41, 5.74) is -0.728. The average molecular weight is 442 g/mol. The summed E-state index contributed by atoms with van der Waals surface area (Å²) >= 11 is 0. The molecule has 0 saturated carbocycles. The van der Waals surface area contributed by atoms with Gasteiger partial charge in [-0.25, -0.2) is 9.36 Å². The van der Waals surface area contributed by atoms with Crippen LogP contribution in [0.3, 0.4) is 0 Å². The van der Waals surface area contributed by atoms with Crippen molar-refractivity contribution >= 4 is 10.9 Å². The molecule has 1 unspecified atom stereocenters. The van der Waals surface area contributed by atoms with Gasteiger partial charge in [-0.2, -0.15) is 13.2 Å². The van der Waals surface area contributed by atoms with Crippen LogP contribution in [0.15, 0.2) is 58.1 Å². The Balaban J connectivity index is 1.72. The van der Waals surface area contributed by atoms with Crippen LogP contribution in [0.5, 0.6) is 5.88 Å². The Morgan fingerprint density at radius 3 is 2.59 bits per heavy atom. The van der Waals surface area contributed by atoms with E-state index in [-0.39, 0.29) is 11.3 Å². The number of aromatic amines is 2. The highest BCUT2D eigenvalue weighted by Crippen LogP contribution is 2.36. The number of aromatic hydroxyl groups is 1. The van der Waals surface area contributed by atoms with E-state index in [0.29, 0.717) is 23.2 Å². The molecule has 1 atom stereocenters. The lowest BCUT2D eigenvalue weighted by molar-refractivity contribution is -0.137. The second-order valence-corrected chi connectivity index (χ2v) is 7.58. The number of hydrogen-bond acceptors (Lipinski definition) is 4. The van der Waals surface area contributed by atoms with Gasteiger partial charge in [0.05, 0.1) is 17.3 Å². The van der Waals surface area contributed by atoms with Crippen LogP contribution < -0.4 is 16.6 Å². The number of benzene rings is 2. The van der Waals surface area contributed by atoms with E-state index < -0.39 is 34.9 Å². The van der Waals surface area contributed by atoms with Gasteiger partial charge in [0.15, 0.2) is 0 Å². The van der Waals surface area contributed by atoms with E-state index in [1.165, 1.54) is 6.07 Å². The van der Waals surface area contributed by atoms with Crippen molar-refractivity contribution in [2.45, 2.75) is 18.6 Å². The number of rotatable bonds is 2. The molecule has 0 saturated heterocycles. The first kappa shape index (κ1) is 20.1. The minimum Gasteiger partial charge on any atom is -0.494 e. The fraction of sp³-hybridized carbons (Fsp3) is 0.182. The predicted octanol–water partition coefficient (Wildman–Crippen LogP) is 2.97. The van der Waals surface area contributed by atoms with Gasteiger partial charge >= 0.3 is 11.9 Å². The Morgan fingerprint density at radius 1 is 1.03 bits per heavy atom. The van der Waals surface area contributed by atoms with Crippen LogP contribution in [-0.4, -0.2) is 26.2 Å². The van der Waals surface area contributed by atoms with E-state index in [1.807, 2.05) is 24.3 Å². The first-order valence-corrected chi connectivity index (χ1v) is 9.84. The van der Waals surface area contributed by atoms with Gasteiger partial charge in [-0.05, 0) is 36.2 Å². The number of nitrogens with one attached hydrogen (secondary N) is 3. The van der Waals surface area contributed by atoms with Crippen molar-refractivity contribution in [1.82, 2.24) is 19.9 Å². The standard InChI is InChI=1S/C22H17F3N4O3/c23-22(24,25)11-4-3-5-12(10-11)29-20(31)16(19(30)28-21(29)32)18-17-14(8-9-26-18)13-6-1-2-7-15(13)27-17/h1-7,10,18,26-27,31H,8-9H2,(H,28,30,32). The molecule has 2 aromatic carbocycles. The Kier molecular flexibility index (Phi) is 4.48. The zero-order valence-electron chi connectivity index (χ0n) is 16.5. The minimum absolute atomic E-state index is 0.158. The highest BCUT2D eigenvalue weighted by Gasteiger charge is 2.33. The Labute approximate surface area is 178 Å². The van der Waals surface area contributed by atoms with E-state index in [0.717, 1.165) is 34.7 Å². The molecule has 1 aliphatic heterocycles. The van der Waals surface area contributed by atoms with Gasteiger partial charge in [0.2, 0.25) is 5.88 Å². The van der Waals surface area contributed by atoms with Gasteiger partial charge in [0.25, 0.3) is 5.56 Å². The average Bonchev–Trinajstić information content (AvgIpc) is 3.13. The summed E-state index contributed by atoms with van der Waals surface area (Å²) in [5.74, 6) is -0.720. The number of fused-ring (bicyclic) bond motifs is 3. The fourth-order valence-electron chi connectivity index (χ4n) is 4.29. The fourth-order valence-corrected chi connectivity index (χ4v) is 4.29. The smallest absolute Gasteiger partial charge is 0.416 e. The lowest BCUT2D eigenvalue weighted by Gasteiger charge is -2.25. The van der Waals surface area contributed by atoms with Crippen molar-refractivity contribution in [2.24, 2.45) is 0 Å². The largest absolute Gasteiger partial charge is 0.494 e. The molecule has 0 spiro atoms. The van der Waals surface area contributed by atoms with Gasteiger partial charge in [-0.3, -0.25) is 9.78 Å². The van der Waals surface area contributed by atoms with Gasteiger partial charge < -0.3 is 15.4 Å². The van der Waals surface area contributed by atoms with E-state index in [9.17, 15) is 27.9 Å². The van der Waals surface area contributed by atoms with Crippen molar-refractivity contribution in [3.8, 4) is 11.6 Å². The number of H-pyrrole nitrogens is 2. The van der Waals surface area contributed by atoms with Crippen LogP contribution in [0.1, 0.15) is 28.4 Å². The Bertz CT molecular complexity index is 1470. The van der Waals surface area contributed by atoms with E-state index >= 15 is 0 Å². The summed E-state index contributed by atoms with van der Waals surface area (Å²) in [5, 5.41) is 15.1. The number of halogens is 3. The zero-order chi connectivity index (χ0) is 22.6. The molecule has 0 fully saturated rings. The molecule has 3 heterocycles. The summed E-state index contributed by atoms with van der Waals surface area (Å²) in [6.07, 6.45) is -3.95. The quantitative estimate of drug-likeness (QED) is 0.383. The lowest BCUT2D eigenvalue weighted by Crippen LogP contribution is -2.38. The third-order valence-corrected chi connectivity index (χ3v) is 5.70. The molecule has 0 radical (unpaired) electrons. The van der Waals surface area contributed by atoms with Crippen molar-refractivity contribution in [1.29, 1.82) is 0 Å². The van der Waals surface area contributed by atoms with Crippen molar-refractivity contribution < 1.29 is 18.3 Å². The van der Waals surface area contributed by atoms with Crippen molar-refractivity contribution in [3.63, 3.8) is 0 Å². The van der Waals surface area contributed by atoms with Gasteiger partial charge in [0, 0.05) is 23.1 Å². The molecule has 0 aliphatic carbocycles. The maximum atomic E-state index is 13.2. The van der Waals surface area contributed by atoms with Crippen LogP contribution in [0.2, 0.25) is 0 Å². The van der Waals surface area contributed by atoms with Gasteiger partial charge in [0.1, 0.15) is 5.56 Å². The van der Waals surface area contributed by atoms with Crippen LogP contribution in [0.25, 0.3) is 16.6 Å². The number of aromatic nitrogens is 3. The summed E-state index contributed by atoms with van der Waals surface area (Å²) in [6, 6.07) is 10.8. The van der Waals surface area contributed by atoms with Crippen LogP contribution in [0.4, 0.5) is 13.2 Å². The van der Waals surface area contributed by atoms with Crippen LogP contribution >= 0.6 is 0 Å². The molecule has 4 N–H and O–H groups in total. The Hall–Kier alpha value is -3.79. The summed E-state index contributed by atoms with van der Waals surface area (Å²) < 4.78 is 40.2. The van der Waals surface area contributed by atoms with Gasteiger partial charge in [-0.15, -0.1) is 0 Å². The number of nitrogens with zero attached hydrogens (tertiary/aromatic N) is 1. The topological polar surface area (TPSA) is 103 Å². The first-order valence-electron chi connectivity index (χ1n) is 9.84. The molecule has 4 aromatic rings. The SMILES string of the molecule is O=c1[nH]c(=O)n(-c2cccc(C(F)(F)F)c2)c(O)c1C1NCCc2c1[nH]c1ccccc21. The molecule has 5 rings (SSSR count). The molecule has 164 valence electrons. The highest BCUT2D eigenvalue weighted by atomic mass is 19.4. The minimum atomic E-state index is -4.63. The lowest BCUT2D eigenvalue weighted by atomic mass is 9.95. The van der Waals surface area contributed by atoms with E-state index in [2.05, 4.69) is 15.3 Å². The van der Waals surface area contributed by atoms with Crippen molar-refractivity contribution in [2.75, 3.05) is 6.54 Å². The summed E-state index contributed by atoms with van der Waals surface area (Å²) in [6.45, 7) is 0.501. The zero-order valence-corrected chi connectivity index (χ0v) is 16.5. The predicted molar refractivity (Wildman–Crippen MR) is 111 cm³/mol. The molecular weight excluding hydrogens is 425 g/mol. The molecular formula is C22H17F3N4O3. The van der Waals surface area contributed by atoms with E-state index in [4.69, 9.17) is 0 Å². The maximum Gasteiger partial charge on any atom is 0.416 e. The molecule has 0 bridgehead atoms. The second-order valence-electron chi connectivity index (χ2n) is 7.58. The molecule has 10 heteroatoms. The second kappa shape index (κ2) is 7.13. The molecule has 32 heavy (non-hydrogen) atoms. The van der Waals surface area contributed by atoms with Crippen LogP contribution in [0, 0.1) is 0 Å². The highest BCUT2D eigenvalue weighted by molar-refractivity contribution is 5.85. The molecule has 0 amide bonds. The van der Waals surface area contributed by atoms with Crippen LogP contribution in [-0.2, 0) is 12.6 Å².